The molecule has 0 saturated carbocycles. The van der Waals surface area contributed by atoms with Crippen LogP contribution in [0.1, 0.15) is 18.3 Å². The van der Waals surface area contributed by atoms with E-state index >= 15 is 0 Å². The van der Waals surface area contributed by atoms with Crippen molar-refractivity contribution >= 4 is 50.6 Å². The summed E-state index contributed by atoms with van der Waals surface area (Å²) >= 11 is 9.61. The third kappa shape index (κ3) is 4.47. The highest BCUT2D eigenvalue weighted by molar-refractivity contribution is 9.10. The number of hydrogen-bond acceptors (Lipinski definition) is 6. The summed E-state index contributed by atoms with van der Waals surface area (Å²) in [5, 5.41) is 13.9. The van der Waals surface area contributed by atoms with Crippen molar-refractivity contribution in [1.82, 2.24) is 9.66 Å². The lowest BCUT2D eigenvalue weighted by Crippen LogP contribution is -2.23. The van der Waals surface area contributed by atoms with Crippen LogP contribution in [-0.4, -0.2) is 40.2 Å². The second-order valence-corrected chi connectivity index (χ2v) is 7.64. The Morgan fingerprint density at radius 2 is 2.10 bits per heavy atom. The Kier molecular flexibility index (Phi) is 6.42. The Hall–Kier alpha value is -2.91. The average Bonchev–Trinajstić information content (AvgIpc) is 2.69. The quantitative estimate of drug-likeness (QED) is 0.522. The number of carboxylic acid groups (broad SMARTS) is 1. The second kappa shape index (κ2) is 8.85. The fraction of sp³-hybridized carbons (Fsp3) is 0.200. The number of rotatable bonds is 6. The van der Waals surface area contributed by atoms with Gasteiger partial charge in [0.2, 0.25) is 0 Å². The monoisotopic (exact) mass is 493 g/mol. The summed E-state index contributed by atoms with van der Waals surface area (Å²) in [6, 6.07) is 8.35. The summed E-state index contributed by atoms with van der Waals surface area (Å²) in [6.45, 7) is 3.06. The number of benzene rings is 2. The van der Waals surface area contributed by atoms with Crippen molar-refractivity contribution in [2.24, 2.45) is 5.10 Å². The van der Waals surface area contributed by atoms with Crippen LogP contribution in [0.15, 0.2) is 44.7 Å². The number of aryl methyl sites for hydroxylation is 1. The predicted octanol–water partition coefficient (Wildman–Crippen LogP) is 3.86. The van der Waals surface area contributed by atoms with E-state index in [1.807, 2.05) is 6.07 Å². The molecule has 0 spiro atoms. The van der Waals surface area contributed by atoms with Gasteiger partial charge in [-0.2, -0.15) is 9.78 Å². The van der Waals surface area contributed by atoms with Gasteiger partial charge in [-0.05, 0) is 49.7 Å². The molecule has 2 aromatic carbocycles. The fourth-order valence-corrected chi connectivity index (χ4v) is 3.30. The normalized spacial score (nSPS) is 12.3. The van der Waals surface area contributed by atoms with Crippen molar-refractivity contribution in [3.8, 4) is 11.5 Å². The predicted molar refractivity (Wildman–Crippen MR) is 117 cm³/mol. The standard InChI is InChI=1S/C20H17BrClN3O5/c1-10(20(27)28)30-18-15(22)6-12(7-17(18)29-3)9-23-25-11(2)24-16-5-4-13(21)8-14(16)19(25)26/h4-10H,1-3H3,(H,27,28)/t10-/m1/s1. The van der Waals surface area contributed by atoms with Crippen molar-refractivity contribution in [3.05, 3.63) is 61.6 Å². The first-order valence-electron chi connectivity index (χ1n) is 8.71. The summed E-state index contributed by atoms with van der Waals surface area (Å²) in [4.78, 5) is 28.3. The summed E-state index contributed by atoms with van der Waals surface area (Å²) < 4.78 is 12.6. The van der Waals surface area contributed by atoms with E-state index in [1.54, 1.807) is 25.1 Å². The first kappa shape index (κ1) is 21.8. The molecule has 0 unspecified atom stereocenters. The number of methoxy groups -OCH3 is 1. The summed E-state index contributed by atoms with van der Waals surface area (Å²) in [6.07, 6.45) is 0.318. The summed E-state index contributed by atoms with van der Waals surface area (Å²) in [5.74, 6) is -0.373. The van der Waals surface area contributed by atoms with Gasteiger partial charge in [-0.15, -0.1) is 0 Å². The van der Waals surface area contributed by atoms with E-state index in [1.165, 1.54) is 31.0 Å². The molecular weight excluding hydrogens is 478 g/mol. The zero-order valence-corrected chi connectivity index (χ0v) is 18.6. The lowest BCUT2D eigenvalue weighted by atomic mass is 10.2. The van der Waals surface area contributed by atoms with E-state index < -0.39 is 12.1 Å². The first-order chi connectivity index (χ1) is 14.2. The van der Waals surface area contributed by atoms with E-state index in [-0.39, 0.29) is 22.1 Å². The van der Waals surface area contributed by atoms with E-state index in [4.69, 9.17) is 26.2 Å². The zero-order valence-electron chi connectivity index (χ0n) is 16.2. The number of fused-ring (bicyclic) bond motifs is 1. The molecule has 3 rings (SSSR count). The topological polar surface area (TPSA) is 103 Å². The molecular formula is C20H17BrClN3O5. The van der Waals surface area contributed by atoms with Crippen LogP contribution >= 0.6 is 27.5 Å². The molecule has 1 atom stereocenters. The Labute approximate surface area is 184 Å². The maximum absolute atomic E-state index is 12.8. The van der Waals surface area contributed by atoms with Gasteiger partial charge in [-0.1, -0.05) is 27.5 Å². The molecule has 0 bridgehead atoms. The Morgan fingerprint density at radius 3 is 2.77 bits per heavy atom. The molecule has 8 nitrogen and oxygen atoms in total. The summed E-state index contributed by atoms with van der Waals surface area (Å²) in [7, 11) is 1.41. The number of ether oxygens (including phenoxy) is 2. The maximum atomic E-state index is 12.8. The zero-order chi connectivity index (χ0) is 22.0. The van der Waals surface area contributed by atoms with Gasteiger partial charge in [-0.3, -0.25) is 4.79 Å². The number of carboxylic acids is 1. The molecule has 156 valence electrons. The van der Waals surface area contributed by atoms with Crippen molar-refractivity contribution in [2.45, 2.75) is 20.0 Å². The fourth-order valence-electron chi connectivity index (χ4n) is 2.68. The molecule has 1 aromatic heterocycles. The van der Waals surface area contributed by atoms with Crippen molar-refractivity contribution in [3.63, 3.8) is 0 Å². The smallest absolute Gasteiger partial charge is 0.344 e. The maximum Gasteiger partial charge on any atom is 0.344 e. The number of hydrogen-bond donors (Lipinski definition) is 1. The minimum Gasteiger partial charge on any atom is -0.493 e. The third-order valence-corrected chi connectivity index (χ3v) is 4.96. The minimum absolute atomic E-state index is 0.108. The molecule has 0 aliphatic heterocycles. The largest absolute Gasteiger partial charge is 0.493 e. The number of nitrogens with zero attached hydrogens (tertiary/aromatic N) is 3. The minimum atomic E-state index is -1.14. The van der Waals surface area contributed by atoms with Crippen LogP contribution in [0.5, 0.6) is 11.5 Å². The number of aliphatic carboxylic acids is 1. The molecule has 0 aliphatic carbocycles. The number of carbonyl (C=O) groups is 1. The summed E-state index contributed by atoms with van der Waals surface area (Å²) in [5.41, 5.74) is 0.780. The van der Waals surface area contributed by atoms with Crippen LogP contribution in [-0.2, 0) is 4.79 Å². The van der Waals surface area contributed by atoms with Crippen LogP contribution in [0.3, 0.4) is 0 Å². The van der Waals surface area contributed by atoms with E-state index in [9.17, 15) is 9.59 Å². The molecule has 0 fully saturated rings. The SMILES string of the molecule is COc1cc(C=Nn2c(C)nc3ccc(Br)cc3c2=O)cc(Cl)c1O[C@H](C)C(=O)O. The molecule has 10 heteroatoms. The average molecular weight is 495 g/mol. The molecule has 0 aliphatic rings. The van der Waals surface area contributed by atoms with Crippen molar-refractivity contribution < 1.29 is 19.4 Å². The Bertz CT molecular complexity index is 1230. The first-order valence-corrected chi connectivity index (χ1v) is 9.88. The van der Waals surface area contributed by atoms with E-state index in [2.05, 4.69) is 26.0 Å². The van der Waals surface area contributed by atoms with Crippen LogP contribution in [0.4, 0.5) is 0 Å². The second-order valence-electron chi connectivity index (χ2n) is 6.31. The Morgan fingerprint density at radius 1 is 1.37 bits per heavy atom. The molecule has 1 heterocycles. The molecule has 0 saturated heterocycles. The molecule has 0 amide bonds. The lowest BCUT2D eigenvalue weighted by Gasteiger charge is -2.15. The van der Waals surface area contributed by atoms with Gasteiger partial charge in [0, 0.05) is 4.47 Å². The van der Waals surface area contributed by atoms with Crippen molar-refractivity contribution in [2.75, 3.05) is 7.11 Å². The lowest BCUT2D eigenvalue weighted by molar-refractivity contribution is -0.144. The van der Waals surface area contributed by atoms with Gasteiger partial charge < -0.3 is 14.6 Å². The van der Waals surface area contributed by atoms with Crippen LogP contribution in [0, 0.1) is 6.92 Å². The Balaban J connectivity index is 2.01. The number of halogens is 2. The number of aromatic nitrogens is 2. The van der Waals surface area contributed by atoms with E-state index in [0.29, 0.717) is 22.3 Å². The highest BCUT2D eigenvalue weighted by atomic mass is 79.9. The molecule has 30 heavy (non-hydrogen) atoms. The molecule has 1 N–H and O–H groups in total. The van der Waals surface area contributed by atoms with Gasteiger partial charge in [-0.25, -0.2) is 9.78 Å². The van der Waals surface area contributed by atoms with E-state index in [0.717, 1.165) is 4.47 Å². The highest BCUT2D eigenvalue weighted by Gasteiger charge is 2.19. The van der Waals surface area contributed by atoms with Gasteiger partial charge in [0.15, 0.2) is 17.6 Å². The van der Waals surface area contributed by atoms with Crippen molar-refractivity contribution in [1.29, 1.82) is 0 Å². The van der Waals surface area contributed by atoms with Crippen LogP contribution in [0.25, 0.3) is 10.9 Å². The van der Waals surface area contributed by atoms with Gasteiger partial charge in [0.25, 0.3) is 5.56 Å². The van der Waals surface area contributed by atoms with Gasteiger partial charge in [0.1, 0.15) is 5.82 Å². The van der Waals surface area contributed by atoms with Crippen LogP contribution < -0.4 is 15.0 Å². The van der Waals surface area contributed by atoms with Gasteiger partial charge in [0.05, 0.1) is 29.2 Å². The molecule has 0 radical (unpaired) electrons. The highest BCUT2D eigenvalue weighted by Crippen LogP contribution is 2.36. The third-order valence-electron chi connectivity index (χ3n) is 4.19. The molecule has 3 aromatic rings. The van der Waals surface area contributed by atoms with Gasteiger partial charge >= 0.3 is 5.97 Å². The van der Waals surface area contributed by atoms with Crippen LogP contribution in [0.2, 0.25) is 5.02 Å².